The largest absolute Gasteiger partial charge is 0.319 e. The smallest absolute Gasteiger partial charge is 0.113 e. The summed E-state index contributed by atoms with van der Waals surface area (Å²) in [6.45, 7) is 2.13. The number of nitrogens with zero attached hydrogens (tertiary/aromatic N) is 1. The van der Waals surface area contributed by atoms with Gasteiger partial charge >= 0.3 is 0 Å². The molecule has 2 heterocycles. The molecule has 0 aromatic carbocycles. The van der Waals surface area contributed by atoms with Crippen LogP contribution >= 0.6 is 22.7 Å². The summed E-state index contributed by atoms with van der Waals surface area (Å²) < 4.78 is 0. The van der Waals surface area contributed by atoms with Crippen molar-refractivity contribution in [2.75, 3.05) is 0 Å². The lowest BCUT2D eigenvalue weighted by atomic mass is 10.0. The Morgan fingerprint density at radius 3 is 2.71 bits per heavy atom. The molecule has 3 rings (SSSR count). The summed E-state index contributed by atoms with van der Waals surface area (Å²) in [5, 5.41) is 3.27. The number of thiophene rings is 1. The fourth-order valence-corrected chi connectivity index (χ4v) is 4.30. The van der Waals surface area contributed by atoms with Crippen molar-refractivity contribution < 1.29 is 0 Å². The lowest BCUT2D eigenvalue weighted by Gasteiger charge is -2.19. The summed E-state index contributed by atoms with van der Waals surface area (Å²) in [5.74, 6) is 0. The van der Waals surface area contributed by atoms with Crippen LogP contribution in [0.15, 0.2) is 17.5 Å². The van der Waals surface area contributed by atoms with Crippen molar-refractivity contribution in [3.63, 3.8) is 0 Å². The standard InChI is InChI=1S/C13H16N2S2/c1-9-4-5-11(17-9)10-8-16-12(15-10)13(14)6-2-3-7-13/h4-5,8H,2-3,6-7,14H2,1H3. The Labute approximate surface area is 110 Å². The summed E-state index contributed by atoms with van der Waals surface area (Å²) in [6, 6.07) is 4.30. The average Bonchev–Trinajstić information content (AvgIpc) is 2.96. The van der Waals surface area contributed by atoms with Crippen LogP contribution in [0, 0.1) is 6.92 Å². The van der Waals surface area contributed by atoms with Gasteiger partial charge in [-0.15, -0.1) is 22.7 Å². The molecule has 0 amide bonds. The molecule has 4 heteroatoms. The highest BCUT2D eigenvalue weighted by Gasteiger charge is 2.34. The van der Waals surface area contributed by atoms with Crippen LogP contribution in [-0.2, 0) is 5.54 Å². The van der Waals surface area contributed by atoms with Gasteiger partial charge in [0.05, 0.1) is 16.1 Å². The number of hydrogen-bond donors (Lipinski definition) is 1. The highest BCUT2D eigenvalue weighted by molar-refractivity contribution is 7.16. The molecule has 0 radical (unpaired) electrons. The fraction of sp³-hybridized carbons (Fsp3) is 0.462. The molecule has 1 fully saturated rings. The monoisotopic (exact) mass is 264 g/mol. The van der Waals surface area contributed by atoms with Crippen LogP contribution in [-0.4, -0.2) is 4.98 Å². The van der Waals surface area contributed by atoms with Gasteiger partial charge in [0.2, 0.25) is 0 Å². The van der Waals surface area contributed by atoms with Gasteiger partial charge in [-0.1, -0.05) is 12.8 Å². The molecule has 2 aromatic rings. The summed E-state index contributed by atoms with van der Waals surface area (Å²) in [7, 11) is 0. The minimum Gasteiger partial charge on any atom is -0.319 e. The van der Waals surface area contributed by atoms with Crippen molar-refractivity contribution in [2.45, 2.75) is 38.1 Å². The molecule has 2 nitrogen and oxygen atoms in total. The maximum absolute atomic E-state index is 6.43. The van der Waals surface area contributed by atoms with Crippen molar-refractivity contribution in [3.05, 3.63) is 27.4 Å². The Morgan fingerprint density at radius 1 is 1.29 bits per heavy atom. The number of aryl methyl sites for hydroxylation is 1. The van der Waals surface area contributed by atoms with Crippen molar-refractivity contribution in [2.24, 2.45) is 5.73 Å². The van der Waals surface area contributed by atoms with Gasteiger partial charge in [-0.2, -0.15) is 0 Å². The van der Waals surface area contributed by atoms with E-state index in [1.807, 2.05) is 0 Å². The first-order chi connectivity index (χ1) is 8.17. The molecule has 0 spiro atoms. The summed E-state index contributed by atoms with van der Waals surface area (Å²) in [6.07, 6.45) is 4.65. The quantitative estimate of drug-likeness (QED) is 0.893. The van der Waals surface area contributed by atoms with E-state index in [1.54, 1.807) is 22.7 Å². The Bertz CT molecular complexity index is 521. The van der Waals surface area contributed by atoms with E-state index in [4.69, 9.17) is 10.7 Å². The van der Waals surface area contributed by atoms with Gasteiger partial charge in [0.25, 0.3) is 0 Å². The van der Waals surface area contributed by atoms with E-state index < -0.39 is 0 Å². The minimum atomic E-state index is -0.144. The molecule has 0 bridgehead atoms. The molecule has 2 N–H and O–H groups in total. The van der Waals surface area contributed by atoms with Gasteiger partial charge in [0.15, 0.2) is 0 Å². The number of rotatable bonds is 2. The van der Waals surface area contributed by atoms with Gasteiger partial charge < -0.3 is 5.73 Å². The van der Waals surface area contributed by atoms with Gasteiger partial charge in [-0.05, 0) is 31.9 Å². The molecule has 2 aromatic heterocycles. The molecule has 1 saturated carbocycles. The third kappa shape index (κ3) is 2.05. The van der Waals surface area contributed by atoms with Gasteiger partial charge in [-0.25, -0.2) is 4.98 Å². The third-order valence-electron chi connectivity index (χ3n) is 3.42. The Balaban J connectivity index is 1.92. The van der Waals surface area contributed by atoms with Gasteiger partial charge in [0, 0.05) is 10.3 Å². The second-order valence-corrected chi connectivity index (χ2v) is 6.96. The molecule has 90 valence electrons. The second kappa shape index (κ2) is 4.19. The van der Waals surface area contributed by atoms with E-state index in [1.165, 1.54) is 22.6 Å². The van der Waals surface area contributed by atoms with E-state index in [-0.39, 0.29) is 5.54 Å². The fourth-order valence-electron chi connectivity index (χ4n) is 2.41. The SMILES string of the molecule is Cc1ccc(-c2csc(C3(N)CCCC3)n2)s1. The molecular weight excluding hydrogens is 248 g/mol. The lowest BCUT2D eigenvalue weighted by molar-refractivity contribution is 0.459. The predicted octanol–water partition coefficient (Wildman–Crippen LogP) is 3.91. The van der Waals surface area contributed by atoms with Crippen LogP contribution in [0.3, 0.4) is 0 Å². The van der Waals surface area contributed by atoms with E-state index in [0.717, 1.165) is 23.5 Å². The van der Waals surface area contributed by atoms with Crippen LogP contribution in [0.2, 0.25) is 0 Å². The van der Waals surface area contributed by atoms with Gasteiger partial charge in [0.1, 0.15) is 5.01 Å². The van der Waals surface area contributed by atoms with Crippen LogP contribution < -0.4 is 5.73 Å². The molecule has 1 aliphatic carbocycles. The Morgan fingerprint density at radius 2 is 2.06 bits per heavy atom. The topological polar surface area (TPSA) is 38.9 Å². The highest BCUT2D eigenvalue weighted by Crippen LogP contribution is 2.39. The Kier molecular flexibility index (Phi) is 2.81. The number of hydrogen-bond acceptors (Lipinski definition) is 4. The average molecular weight is 264 g/mol. The summed E-state index contributed by atoms with van der Waals surface area (Å²) >= 11 is 3.52. The predicted molar refractivity (Wildman–Crippen MR) is 74.5 cm³/mol. The maximum atomic E-state index is 6.43. The minimum absolute atomic E-state index is 0.144. The van der Waals surface area contributed by atoms with Crippen LogP contribution in [0.1, 0.15) is 35.6 Å². The summed E-state index contributed by atoms with van der Waals surface area (Å²) in [5.41, 5.74) is 7.38. The Hall–Kier alpha value is -0.710. The van der Waals surface area contributed by atoms with E-state index in [0.29, 0.717) is 0 Å². The first-order valence-corrected chi connectivity index (χ1v) is 7.69. The van der Waals surface area contributed by atoms with Crippen molar-refractivity contribution in [1.29, 1.82) is 0 Å². The number of nitrogens with two attached hydrogens (primary N) is 1. The molecule has 1 aliphatic rings. The summed E-state index contributed by atoms with van der Waals surface area (Å²) in [4.78, 5) is 7.34. The molecular formula is C13H16N2S2. The second-order valence-electron chi connectivity index (χ2n) is 4.81. The maximum Gasteiger partial charge on any atom is 0.113 e. The van der Waals surface area contributed by atoms with Gasteiger partial charge in [-0.3, -0.25) is 0 Å². The third-order valence-corrected chi connectivity index (χ3v) is 5.50. The zero-order valence-corrected chi connectivity index (χ0v) is 11.5. The van der Waals surface area contributed by atoms with E-state index in [2.05, 4.69) is 24.4 Å². The first kappa shape index (κ1) is 11.4. The molecule has 0 unspecified atom stereocenters. The first-order valence-electron chi connectivity index (χ1n) is 5.99. The zero-order chi connectivity index (χ0) is 11.9. The molecule has 17 heavy (non-hydrogen) atoms. The number of aromatic nitrogens is 1. The molecule has 0 atom stereocenters. The van der Waals surface area contributed by atoms with E-state index >= 15 is 0 Å². The van der Waals surface area contributed by atoms with Crippen LogP contribution in [0.5, 0.6) is 0 Å². The zero-order valence-electron chi connectivity index (χ0n) is 9.90. The van der Waals surface area contributed by atoms with Crippen molar-refractivity contribution in [3.8, 4) is 10.6 Å². The van der Waals surface area contributed by atoms with E-state index in [9.17, 15) is 0 Å². The van der Waals surface area contributed by atoms with Crippen LogP contribution in [0.4, 0.5) is 0 Å². The van der Waals surface area contributed by atoms with Crippen molar-refractivity contribution >= 4 is 22.7 Å². The van der Waals surface area contributed by atoms with Crippen molar-refractivity contribution in [1.82, 2.24) is 4.98 Å². The van der Waals surface area contributed by atoms with Crippen LogP contribution in [0.25, 0.3) is 10.6 Å². The molecule has 0 aliphatic heterocycles. The highest BCUT2D eigenvalue weighted by atomic mass is 32.1. The normalized spacial score (nSPS) is 18.7. The lowest BCUT2D eigenvalue weighted by Crippen LogP contribution is -2.32. The molecule has 0 saturated heterocycles. The number of thiazole rings is 1.